The van der Waals surface area contributed by atoms with E-state index in [1.807, 2.05) is 24.3 Å². The molecule has 2 aromatic rings. The summed E-state index contributed by atoms with van der Waals surface area (Å²) in [5.41, 5.74) is 1.68. The van der Waals surface area contributed by atoms with Gasteiger partial charge in [0, 0.05) is 21.3 Å². The van der Waals surface area contributed by atoms with Gasteiger partial charge in [0.25, 0.3) is 0 Å². The second-order valence-electron chi connectivity index (χ2n) is 3.88. The van der Waals surface area contributed by atoms with Crippen LogP contribution in [0.15, 0.2) is 59.1 Å². The molecule has 0 saturated heterocycles. The summed E-state index contributed by atoms with van der Waals surface area (Å²) in [7, 11) is 0. The predicted octanol–water partition coefficient (Wildman–Crippen LogP) is 4.75. The Kier molecular flexibility index (Phi) is 4.77. The van der Waals surface area contributed by atoms with Gasteiger partial charge in [-0.15, -0.1) is 0 Å². The molecule has 0 heterocycles. The molecular formula is C15H11BrClNO. The number of hydrogen-bond acceptors (Lipinski definition) is 1. The Bertz CT molecular complexity index is 591. The topological polar surface area (TPSA) is 29.1 Å². The van der Waals surface area contributed by atoms with Gasteiger partial charge in [0.1, 0.15) is 0 Å². The van der Waals surface area contributed by atoms with Crippen molar-refractivity contribution in [1.29, 1.82) is 0 Å². The number of benzene rings is 2. The van der Waals surface area contributed by atoms with Crippen LogP contribution in [0.2, 0.25) is 5.02 Å². The zero-order valence-corrected chi connectivity index (χ0v) is 12.3. The van der Waals surface area contributed by atoms with Crippen LogP contribution in [0, 0.1) is 0 Å². The van der Waals surface area contributed by atoms with E-state index in [1.54, 1.807) is 30.3 Å². The number of anilines is 1. The fourth-order valence-electron chi connectivity index (χ4n) is 1.46. The van der Waals surface area contributed by atoms with Crippen molar-refractivity contribution in [3.63, 3.8) is 0 Å². The third-order valence-corrected chi connectivity index (χ3v) is 3.19. The Morgan fingerprint density at radius 3 is 2.32 bits per heavy atom. The van der Waals surface area contributed by atoms with Crippen LogP contribution in [0.4, 0.5) is 5.69 Å². The SMILES string of the molecule is O=C(/C=C\c1ccc(Br)cc1)Nc1ccc(Cl)cc1. The molecule has 1 amide bonds. The summed E-state index contributed by atoms with van der Waals surface area (Å²) in [5.74, 6) is -0.176. The summed E-state index contributed by atoms with van der Waals surface area (Å²) in [6.45, 7) is 0. The van der Waals surface area contributed by atoms with Gasteiger partial charge in [-0.05, 0) is 48.0 Å². The standard InChI is InChI=1S/C15H11BrClNO/c16-12-4-1-11(2-5-12)3-10-15(19)18-14-8-6-13(17)7-9-14/h1-10H,(H,18,19)/b10-3-. The molecule has 1 N–H and O–H groups in total. The van der Waals surface area contributed by atoms with Gasteiger partial charge in [0.2, 0.25) is 5.91 Å². The van der Waals surface area contributed by atoms with E-state index in [0.717, 1.165) is 15.7 Å². The van der Waals surface area contributed by atoms with Crippen molar-refractivity contribution in [2.45, 2.75) is 0 Å². The van der Waals surface area contributed by atoms with E-state index in [-0.39, 0.29) is 5.91 Å². The van der Waals surface area contributed by atoms with Crippen molar-refractivity contribution >= 4 is 45.2 Å². The number of amides is 1. The molecule has 0 atom stereocenters. The van der Waals surface area contributed by atoms with Gasteiger partial charge in [-0.2, -0.15) is 0 Å². The fraction of sp³-hybridized carbons (Fsp3) is 0. The van der Waals surface area contributed by atoms with Crippen molar-refractivity contribution in [2.75, 3.05) is 5.32 Å². The Hall–Kier alpha value is -1.58. The first kappa shape index (κ1) is 13.8. The highest BCUT2D eigenvalue weighted by molar-refractivity contribution is 9.10. The smallest absolute Gasteiger partial charge is 0.248 e. The minimum atomic E-state index is -0.176. The van der Waals surface area contributed by atoms with E-state index in [0.29, 0.717) is 5.02 Å². The lowest BCUT2D eigenvalue weighted by molar-refractivity contribution is -0.111. The average molecular weight is 337 g/mol. The third-order valence-electron chi connectivity index (χ3n) is 2.41. The first-order valence-corrected chi connectivity index (χ1v) is 6.81. The summed E-state index contributed by atoms with van der Waals surface area (Å²) in [4.78, 5) is 11.7. The van der Waals surface area contributed by atoms with Gasteiger partial charge in [0.05, 0.1) is 0 Å². The summed E-state index contributed by atoms with van der Waals surface area (Å²) < 4.78 is 1.01. The second kappa shape index (κ2) is 6.55. The lowest BCUT2D eigenvalue weighted by atomic mass is 10.2. The number of carbonyl (C=O) groups is 1. The van der Waals surface area contributed by atoms with Crippen molar-refractivity contribution in [1.82, 2.24) is 0 Å². The molecule has 0 radical (unpaired) electrons. The molecule has 4 heteroatoms. The number of rotatable bonds is 3. The van der Waals surface area contributed by atoms with Gasteiger partial charge in [-0.25, -0.2) is 0 Å². The molecule has 0 spiro atoms. The first-order chi connectivity index (χ1) is 9.13. The molecule has 0 bridgehead atoms. The number of hydrogen-bond donors (Lipinski definition) is 1. The maximum absolute atomic E-state index is 11.7. The highest BCUT2D eigenvalue weighted by Gasteiger charge is 1.97. The van der Waals surface area contributed by atoms with Crippen molar-refractivity contribution in [3.05, 3.63) is 69.7 Å². The first-order valence-electron chi connectivity index (χ1n) is 5.64. The quantitative estimate of drug-likeness (QED) is 0.805. The zero-order valence-electron chi connectivity index (χ0n) is 9.94. The van der Waals surface area contributed by atoms with Crippen LogP contribution in [0.1, 0.15) is 5.56 Å². The van der Waals surface area contributed by atoms with Gasteiger partial charge in [-0.1, -0.05) is 39.7 Å². The monoisotopic (exact) mass is 335 g/mol. The van der Waals surface area contributed by atoms with Crippen molar-refractivity contribution in [3.8, 4) is 0 Å². The molecule has 0 aliphatic carbocycles. The molecule has 2 nitrogen and oxygen atoms in total. The van der Waals surface area contributed by atoms with E-state index in [2.05, 4.69) is 21.2 Å². The Balaban J connectivity index is 1.97. The van der Waals surface area contributed by atoms with Gasteiger partial charge < -0.3 is 5.32 Å². The molecule has 0 fully saturated rings. The molecule has 96 valence electrons. The Morgan fingerprint density at radius 2 is 1.68 bits per heavy atom. The molecule has 2 rings (SSSR count). The molecule has 19 heavy (non-hydrogen) atoms. The average Bonchev–Trinajstić information content (AvgIpc) is 2.41. The van der Waals surface area contributed by atoms with Crippen LogP contribution in [-0.2, 0) is 4.79 Å². The zero-order chi connectivity index (χ0) is 13.7. The number of nitrogens with one attached hydrogen (secondary N) is 1. The fourth-order valence-corrected chi connectivity index (χ4v) is 1.85. The largest absolute Gasteiger partial charge is 0.323 e. The van der Waals surface area contributed by atoms with Gasteiger partial charge >= 0.3 is 0 Å². The summed E-state index contributed by atoms with van der Waals surface area (Å²) in [5, 5.41) is 3.40. The second-order valence-corrected chi connectivity index (χ2v) is 5.23. The maximum atomic E-state index is 11.7. The van der Waals surface area contributed by atoms with Crippen LogP contribution in [0.3, 0.4) is 0 Å². The molecule has 2 aromatic carbocycles. The lowest BCUT2D eigenvalue weighted by Crippen LogP contribution is -2.07. The maximum Gasteiger partial charge on any atom is 0.248 e. The van der Waals surface area contributed by atoms with Crippen LogP contribution in [0.25, 0.3) is 6.08 Å². The van der Waals surface area contributed by atoms with E-state index < -0.39 is 0 Å². The summed E-state index contributed by atoms with van der Waals surface area (Å²) in [6, 6.07) is 14.7. The van der Waals surface area contributed by atoms with Crippen LogP contribution in [0.5, 0.6) is 0 Å². The highest BCUT2D eigenvalue weighted by Crippen LogP contribution is 2.14. The number of carbonyl (C=O) groups excluding carboxylic acids is 1. The molecule has 0 aliphatic heterocycles. The third kappa shape index (κ3) is 4.54. The normalized spacial score (nSPS) is 10.6. The van der Waals surface area contributed by atoms with Crippen molar-refractivity contribution < 1.29 is 4.79 Å². The molecule has 0 saturated carbocycles. The van der Waals surface area contributed by atoms with Crippen LogP contribution < -0.4 is 5.32 Å². The van der Waals surface area contributed by atoms with E-state index in [1.165, 1.54) is 6.08 Å². The minimum absolute atomic E-state index is 0.176. The number of halogens is 2. The van der Waals surface area contributed by atoms with Crippen LogP contribution in [-0.4, -0.2) is 5.91 Å². The molecular weight excluding hydrogens is 326 g/mol. The van der Waals surface area contributed by atoms with Gasteiger partial charge in [0.15, 0.2) is 0 Å². The van der Waals surface area contributed by atoms with Crippen molar-refractivity contribution in [2.24, 2.45) is 0 Å². The predicted molar refractivity (Wildman–Crippen MR) is 83.3 cm³/mol. The Morgan fingerprint density at radius 1 is 1.05 bits per heavy atom. The van der Waals surface area contributed by atoms with E-state index >= 15 is 0 Å². The molecule has 0 aromatic heterocycles. The molecule has 0 aliphatic rings. The summed E-state index contributed by atoms with van der Waals surface area (Å²) in [6.07, 6.45) is 3.26. The highest BCUT2D eigenvalue weighted by atomic mass is 79.9. The summed E-state index contributed by atoms with van der Waals surface area (Å²) >= 11 is 9.13. The molecule has 0 unspecified atom stereocenters. The Labute approximate surface area is 125 Å². The van der Waals surface area contributed by atoms with Crippen LogP contribution >= 0.6 is 27.5 Å². The van der Waals surface area contributed by atoms with E-state index in [9.17, 15) is 4.79 Å². The van der Waals surface area contributed by atoms with E-state index in [4.69, 9.17) is 11.6 Å². The lowest BCUT2D eigenvalue weighted by Gasteiger charge is -2.01. The minimum Gasteiger partial charge on any atom is -0.323 e. The van der Waals surface area contributed by atoms with Gasteiger partial charge in [-0.3, -0.25) is 4.79 Å².